The van der Waals surface area contributed by atoms with Crippen molar-refractivity contribution in [2.75, 3.05) is 54.5 Å². The lowest BCUT2D eigenvalue weighted by Gasteiger charge is -2.45. The molecule has 0 bridgehead atoms. The zero-order valence-corrected chi connectivity index (χ0v) is 46.9. The number of hydrogen-bond acceptors (Lipinski definition) is 5. The number of aromatic nitrogens is 1. The lowest BCUT2D eigenvalue weighted by molar-refractivity contribution is -0.123. The molecule has 7 rings (SSSR count). The average Bonchev–Trinajstić information content (AvgIpc) is 3.86. The van der Waals surface area contributed by atoms with Crippen molar-refractivity contribution in [2.45, 2.75) is 58.4 Å². The van der Waals surface area contributed by atoms with Crippen molar-refractivity contribution < 1.29 is 9.59 Å². The van der Waals surface area contributed by atoms with Crippen LogP contribution < -0.4 is 25.3 Å². The van der Waals surface area contributed by atoms with Crippen LogP contribution in [-0.4, -0.2) is 96.5 Å². The standard InChI is InChI=1S/C56H58Cl6N8O2S2/c1-66(45-27-15-16-28-46(45)67-36-18-38-69(53(67)73)51(55(57,58)59)64-48(71)32-30-41-20-9-5-3-2-4-6-10-21-41)40-43-24-13-7-11-22-42(23-12-8-14-25-43)31-33-49(72)65-52(56(60,61)62)70-39-19-37-68(54(70)74)47-29-17-26-44-34-35-63-50(44)47/h2-17,20-29,34-35,51-52,63H,18-19,30-33,36-40H2,1H3,(H,64,71)(H,65,72)/b3-2?,4-2?,5-3?,6-4?,9-5?,10-6?,11-7-,12-8?,13-7?,14-8-,20-9?,21-10?,22-11?,23-12-,24-13-,25-14?,41-20?,41-21?,42-22+,42-23?,43-24?,43-25+. The molecular weight excluding hydrogens is 1090 g/mol. The fraction of sp³-hybridized carbons (Fsp3) is 0.286. The van der Waals surface area contributed by atoms with E-state index in [9.17, 15) is 9.59 Å². The van der Waals surface area contributed by atoms with Gasteiger partial charge in [0.15, 0.2) is 22.6 Å². The number of carbonyl (C=O) groups is 2. The number of hydrogen-bond donors (Lipinski definition) is 3. The molecule has 0 spiro atoms. The molecule has 2 unspecified atom stereocenters. The third-order valence-electron chi connectivity index (χ3n) is 12.5. The number of benzene rings is 2. The van der Waals surface area contributed by atoms with Gasteiger partial charge in [0.2, 0.25) is 19.4 Å². The van der Waals surface area contributed by atoms with Crippen molar-refractivity contribution in [1.82, 2.24) is 25.4 Å². The highest BCUT2D eigenvalue weighted by Crippen LogP contribution is 2.38. The highest BCUT2D eigenvalue weighted by molar-refractivity contribution is 7.80. The van der Waals surface area contributed by atoms with Gasteiger partial charge in [-0.3, -0.25) is 9.59 Å². The molecule has 3 heterocycles. The molecule has 4 aromatic rings. The topological polar surface area (TPSA) is 90.2 Å². The van der Waals surface area contributed by atoms with Crippen LogP contribution in [0.5, 0.6) is 0 Å². The summed E-state index contributed by atoms with van der Waals surface area (Å²) in [4.78, 5) is 40.2. The number of nitrogens with zero attached hydrogens (tertiary/aromatic N) is 5. The summed E-state index contributed by atoms with van der Waals surface area (Å²) in [6, 6.07) is 33.6. The van der Waals surface area contributed by atoms with E-state index in [1.807, 2.05) is 169 Å². The minimum atomic E-state index is -1.88. The van der Waals surface area contributed by atoms with Gasteiger partial charge in [-0.2, -0.15) is 0 Å². The Hall–Kier alpha value is -5.02. The van der Waals surface area contributed by atoms with Gasteiger partial charge in [-0.25, -0.2) is 0 Å². The molecule has 1 aromatic heterocycles. The number of H-pyrrole nitrogens is 1. The monoisotopic (exact) mass is 1150 g/mol. The molecule has 2 amide bonds. The molecule has 74 heavy (non-hydrogen) atoms. The molecule has 0 saturated carbocycles. The van der Waals surface area contributed by atoms with E-state index in [1.54, 1.807) is 9.80 Å². The number of fused-ring (bicyclic) bond motifs is 1. The summed E-state index contributed by atoms with van der Waals surface area (Å²) in [7, 11) is 2.03. The van der Waals surface area contributed by atoms with E-state index in [4.69, 9.17) is 94.0 Å². The Morgan fingerprint density at radius 1 is 0.608 bits per heavy atom. The second-order valence-corrected chi connectivity index (χ2v) is 23.2. The lowest BCUT2D eigenvalue weighted by Crippen LogP contribution is -2.62. The van der Waals surface area contributed by atoms with Gasteiger partial charge in [0, 0.05) is 64.2 Å². The highest BCUT2D eigenvalue weighted by Gasteiger charge is 2.44. The maximum absolute atomic E-state index is 13.6. The van der Waals surface area contributed by atoms with Gasteiger partial charge < -0.3 is 40.1 Å². The Morgan fingerprint density at radius 3 is 1.73 bits per heavy atom. The minimum Gasteiger partial charge on any atom is -0.369 e. The number of likely N-dealkylation sites (N-methyl/N-ethyl adjacent to an activating group) is 1. The van der Waals surface area contributed by atoms with E-state index in [2.05, 4.69) is 38.7 Å². The second-order valence-electron chi connectivity index (χ2n) is 17.8. The molecule has 388 valence electrons. The first-order valence-electron chi connectivity index (χ1n) is 24.3. The number of amides is 2. The van der Waals surface area contributed by atoms with Crippen LogP contribution in [0.4, 0.5) is 17.1 Å². The number of aryl methyl sites for hydroxylation is 1. The number of nitrogens with one attached hydrogen (secondary N) is 3. The SMILES string of the molecule is CN(CC1=C/C=C\C=C/C(CCC(=O)NC(N2CCCN(c3cccc4cc[nH]c34)C2=S)C(Cl)(Cl)Cl)=C\C=C/C=C\1)c1ccccc1N1CCCN(C(NC(=O)CCc2ccccccccc2)C(Cl)(Cl)Cl)C1=S. The number of para-hydroxylation sites is 3. The first-order chi connectivity index (χ1) is 35.6. The first-order valence-corrected chi connectivity index (χ1v) is 27.4. The Morgan fingerprint density at radius 2 is 1.12 bits per heavy atom. The summed E-state index contributed by atoms with van der Waals surface area (Å²) < 4.78 is -3.74. The van der Waals surface area contributed by atoms with Crippen LogP contribution in [0.15, 0.2) is 181 Å². The number of allylic oxidation sites excluding steroid dienone is 10. The summed E-state index contributed by atoms with van der Waals surface area (Å²) in [5.74, 6) is -0.535. The van der Waals surface area contributed by atoms with Crippen LogP contribution in [0.3, 0.4) is 0 Å². The maximum atomic E-state index is 13.6. The number of rotatable bonds is 15. The number of thiocarbonyl (C=S) groups is 2. The Labute approximate surface area is 475 Å². The molecule has 2 aliphatic heterocycles. The normalized spacial score (nSPS) is 19.6. The molecule has 2 fully saturated rings. The number of alkyl halides is 6. The molecule has 3 N–H and O–H groups in total. The van der Waals surface area contributed by atoms with Crippen LogP contribution in [0.25, 0.3) is 10.9 Å². The van der Waals surface area contributed by atoms with Crippen molar-refractivity contribution >= 4 is 144 Å². The van der Waals surface area contributed by atoms with E-state index in [-0.39, 0.29) is 24.7 Å². The third-order valence-corrected chi connectivity index (χ3v) is 14.6. The van der Waals surface area contributed by atoms with Gasteiger partial charge in [-0.15, -0.1) is 0 Å². The Bertz CT molecular complexity index is 2860. The summed E-state index contributed by atoms with van der Waals surface area (Å²) in [5, 5.41) is 7.93. The second kappa shape index (κ2) is 27.2. The van der Waals surface area contributed by atoms with E-state index in [1.165, 1.54) is 0 Å². The molecule has 3 aromatic carbocycles. The zero-order valence-electron chi connectivity index (χ0n) is 40.7. The van der Waals surface area contributed by atoms with Gasteiger partial charge >= 0.3 is 0 Å². The summed E-state index contributed by atoms with van der Waals surface area (Å²) in [6.45, 7) is 2.89. The predicted octanol–water partition coefficient (Wildman–Crippen LogP) is 13.2. The summed E-state index contributed by atoms with van der Waals surface area (Å²) >= 11 is 51.6. The van der Waals surface area contributed by atoms with Crippen LogP contribution in [0, 0.1) is 0 Å². The molecule has 1 aliphatic carbocycles. The van der Waals surface area contributed by atoms with Crippen molar-refractivity contribution in [3.8, 4) is 0 Å². The molecule has 2 atom stereocenters. The third kappa shape index (κ3) is 15.8. The van der Waals surface area contributed by atoms with Crippen molar-refractivity contribution in [2.24, 2.45) is 0 Å². The zero-order chi connectivity index (χ0) is 52.7. The van der Waals surface area contributed by atoms with E-state index in [0.717, 1.165) is 51.1 Å². The smallest absolute Gasteiger partial charge is 0.228 e. The molecular formula is C56H58Cl6N8O2S2. The lowest BCUT2D eigenvalue weighted by atomic mass is 10.1. The quantitative estimate of drug-likeness (QED) is 0.0795. The summed E-state index contributed by atoms with van der Waals surface area (Å²) in [6.07, 6.45) is 22.5. The molecule has 2 saturated heterocycles. The van der Waals surface area contributed by atoms with Crippen molar-refractivity contribution in [1.29, 1.82) is 0 Å². The summed E-state index contributed by atoms with van der Waals surface area (Å²) in [5.41, 5.74) is 6.68. The molecule has 18 heteroatoms. The van der Waals surface area contributed by atoms with Crippen LogP contribution in [0.2, 0.25) is 0 Å². The average molecular weight is 1150 g/mol. The Balaban J connectivity index is 0.959. The van der Waals surface area contributed by atoms with E-state index < -0.39 is 19.9 Å². The van der Waals surface area contributed by atoms with E-state index >= 15 is 0 Å². The van der Waals surface area contributed by atoms with Crippen LogP contribution >= 0.6 is 94.0 Å². The van der Waals surface area contributed by atoms with Gasteiger partial charge in [0.1, 0.15) is 0 Å². The number of halogens is 6. The fourth-order valence-corrected chi connectivity index (χ4v) is 10.7. The van der Waals surface area contributed by atoms with Crippen LogP contribution in [0.1, 0.15) is 37.7 Å². The number of anilines is 3. The largest absolute Gasteiger partial charge is 0.369 e. The number of carbonyl (C=O) groups excluding carboxylic acids is 2. The molecule has 0 radical (unpaired) electrons. The Kier molecular flexibility index (Phi) is 20.8. The molecule has 10 nitrogen and oxygen atoms in total. The van der Waals surface area contributed by atoms with Gasteiger partial charge in [-0.05, 0) is 91.1 Å². The van der Waals surface area contributed by atoms with E-state index in [0.29, 0.717) is 62.2 Å². The van der Waals surface area contributed by atoms with Gasteiger partial charge in [0.25, 0.3) is 0 Å². The highest BCUT2D eigenvalue weighted by atomic mass is 35.6. The first kappa shape index (κ1) is 56.7. The van der Waals surface area contributed by atoms with Gasteiger partial charge in [0.05, 0.1) is 22.6 Å². The minimum absolute atomic E-state index is 0.154. The predicted molar refractivity (Wildman–Crippen MR) is 319 cm³/mol. The maximum Gasteiger partial charge on any atom is 0.228 e. The van der Waals surface area contributed by atoms with Crippen LogP contribution in [-0.2, 0) is 16.0 Å². The van der Waals surface area contributed by atoms with Crippen molar-refractivity contribution in [3.63, 3.8) is 0 Å². The van der Waals surface area contributed by atoms with Gasteiger partial charge in [-0.1, -0.05) is 209 Å². The fourth-order valence-electron chi connectivity index (χ4n) is 8.85. The molecule has 3 aliphatic rings. The number of aromatic amines is 1. The van der Waals surface area contributed by atoms with Crippen molar-refractivity contribution in [3.05, 3.63) is 187 Å².